The van der Waals surface area contributed by atoms with Gasteiger partial charge in [0.2, 0.25) is 0 Å². The molecular formula is C13H23F3N2. The van der Waals surface area contributed by atoms with Gasteiger partial charge in [-0.25, -0.2) is 0 Å². The summed E-state index contributed by atoms with van der Waals surface area (Å²) in [5, 5.41) is 3.35. The average molecular weight is 264 g/mol. The van der Waals surface area contributed by atoms with Gasteiger partial charge in [-0.1, -0.05) is 6.92 Å². The van der Waals surface area contributed by atoms with E-state index in [4.69, 9.17) is 0 Å². The first-order chi connectivity index (χ1) is 8.52. The van der Waals surface area contributed by atoms with E-state index in [2.05, 4.69) is 17.1 Å². The Morgan fingerprint density at radius 2 is 1.78 bits per heavy atom. The molecule has 2 nitrogen and oxygen atoms in total. The minimum atomic E-state index is -3.99. The average Bonchev–Trinajstić information content (AvgIpc) is 2.27. The molecule has 0 aromatic heterocycles. The highest BCUT2D eigenvalue weighted by Gasteiger charge is 2.43. The molecule has 1 saturated carbocycles. The summed E-state index contributed by atoms with van der Waals surface area (Å²) >= 11 is 0. The lowest BCUT2D eigenvalue weighted by Crippen LogP contribution is -2.53. The molecule has 1 aliphatic heterocycles. The Bertz CT molecular complexity index is 259. The minimum absolute atomic E-state index is 0.286. The van der Waals surface area contributed by atoms with Crippen molar-refractivity contribution in [3.63, 3.8) is 0 Å². The zero-order valence-corrected chi connectivity index (χ0v) is 11.0. The lowest BCUT2D eigenvalue weighted by atomic mass is 9.77. The summed E-state index contributed by atoms with van der Waals surface area (Å²) in [4.78, 5) is 2.29. The number of nitrogens with zero attached hydrogens (tertiary/aromatic N) is 1. The number of hydrogen-bond donors (Lipinski definition) is 1. The standard InChI is InChI=1S/C13H23F3N2/c1-2-17-9-10-3-4-12(10)18-7-5-11(6-8-18)13(14,15)16/h10-12,17H,2-9H2,1H3. The monoisotopic (exact) mass is 264 g/mol. The highest BCUT2D eigenvalue weighted by Crippen LogP contribution is 2.38. The molecule has 18 heavy (non-hydrogen) atoms. The third-order valence-electron chi connectivity index (χ3n) is 4.50. The smallest absolute Gasteiger partial charge is 0.317 e. The van der Waals surface area contributed by atoms with Crippen molar-refractivity contribution in [3.8, 4) is 0 Å². The molecule has 0 spiro atoms. The molecule has 0 amide bonds. The summed E-state index contributed by atoms with van der Waals surface area (Å²) in [5.74, 6) is -0.423. The third kappa shape index (κ3) is 3.18. The van der Waals surface area contributed by atoms with Crippen molar-refractivity contribution in [1.29, 1.82) is 0 Å². The Kier molecular flexibility index (Phi) is 4.54. The van der Waals surface area contributed by atoms with Gasteiger partial charge < -0.3 is 10.2 Å². The van der Waals surface area contributed by atoms with Crippen molar-refractivity contribution >= 4 is 0 Å². The van der Waals surface area contributed by atoms with Gasteiger partial charge in [-0.05, 0) is 57.8 Å². The van der Waals surface area contributed by atoms with Gasteiger partial charge in [-0.15, -0.1) is 0 Å². The molecule has 1 N–H and O–H groups in total. The van der Waals surface area contributed by atoms with Gasteiger partial charge in [0.15, 0.2) is 0 Å². The normalized spacial score (nSPS) is 31.3. The van der Waals surface area contributed by atoms with Crippen LogP contribution in [-0.4, -0.2) is 43.3 Å². The van der Waals surface area contributed by atoms with Crippen LogP contribution in [0.1, 0.15) is 32.6 Å². The summed E-state index contributed by atoms with van der Waals surface area (Å²) in [6.07, 6.45) is -1.04. The molecule has 2 atom stereocenters. The van der Waals surface area contributed by atoms with E-state index in [1.807, 2.05) is 0 Å². The van der Waals surface area contributed by atoms with E-state index in [1.54, 1.807) is 0 Å². The molecule has 0 aromatic carbocycles. The van der Waals surface area contributed by atoms with Crippen molar-refractivity contribution in [1.82, 2.24) is 10.2 Å². The van der Waals surface area contributed by atoms with Crippen LogP contribution in [-0.2, 0) is 0 Å². The van der Waals surface area contributed by atoms with Crippen molar-refractivity contribution in [3.05, 3.63) is 0 Å². The van der Waals surface area contributed by atoms with Crippen molar-refractivity contribution in [2.24, 2.45) is 11.8 Å². The summed E-state index contributed by atoms with van der Waals surface area (Å²) in [6.45, 7) is 5.32. The Morgan fingerprint density at radius 3 is 2.22 bits per heavy atom. The van der Waals surface area contributed by atoms with Crippen molar-refractivity contribution in [2.45, 2.75) is 44.8 Å². The van der Waals surface area contributed by atoms with Crippen LogP contribution in [0.15, 0.2) is 0 Å². The van der Waals surface area contributed by atoms with Crippen LogP contribution in [0.5, 0.6) is 0 Å². The Labute approximate surface area is 107 Å². The summed E-state index contributed by atoms with van der Waals surface area (Å²) in [7, 11) is 0. The van der Waals surface area contributed by atoms with E-state index in [0.29, 0.717) is 25.0 Å². The molecular weight excluding hydrogens is 241 g/mol. The predicted octanol–water partition coefficient (Wildman–Crippen LogP) is 2.65. The number of hydrogen-bond acceptors (Lipinski definition) is 2. The molecule has 1 heterocycles. The molecule has 5 heteroatoms. The summed E-state index contributed by atoms with van der Waals surface area (Å²) in [6, 6.07) is 0.526. The maximum atomic E-state index is 12.6. The summed E-state index contributed by atoms with van der Waals surface area (Å²) in [5.41, 5.74) is 0. The van der Waals surface area contributed by atoms with E-state index in [9.17, 15) is 13.2 Å². The highest BCUT2D eigenvalue weighted by molar-refractivity contribution is 4.92. The fraction of sp³-hybridized carbons (Fsp3) is 1.00. The van der Waals surface area contributed by atoms with E-state index >= 15 is 0 Å². The largest absolute Gasteiger partial charge is 0.391 e. The molecule has 0 bridgehead atoms. The lowest BCUT2D eigenvalue weighted by Gasteiger charge is -2.47. The van der Waals surface area contributed by atoms with Gasteiger partial charge in [0, 0.05) is 6.04 Å². The molecule has 2 rings (SSSR count). The lowest BCUT2D eigenvalue weighted by molar-refractivity contribution is -0.187. The van der Waals surface area contributed by atoms with E-state index in [1.165, 1.54) is 6.42 Å². The van der Waals surface area contributed by atoms with Crippen LogP contribution in [0.25, 0.3) is 0 Å². The first-order valence-corrected chi connectivity index (χ1v) is 7.04. The van der Waals surface area contributed by atoms with Crippen LogP contribution in [0, 0.1) is 11.8 Å². The number of nitrogens with one attached hydrogen (secondary N) is 1. The number of rotatable bonds is 4. The molecule has 2 unspecified atom stereocenters. The van der Waals surface area contributed by atoms with Crippen LogP contribution in [0.4, 0.5) is 13.2 Å². The first-order valence-electron chi connectivity index (χ1n) is 7.04. The second-order valence-corrected chi connectivity index (χ2v) is 5.56. The summed E-state index contributed by atoms with van der Waals surface area (Å²) < 4.78 is 37.7. The molecule has 0 radical (unpaired) electrons. The number of halogens is 3. The fourth-order valence-electron chi connectivity index (χ4n) is 3.16. The van der Waals surface area contributed by atoms with Crippen LogP contribution in [0.2, 0.25) is 0 Å². The van der Waals surface area contributed by atoms with E-state index in [-0.39, 0.29) is 12.8 Å². The Morgan fingerprint density at radius 1 is 1.11 bits per heavy atom. The van der Waals surface area contributed by atoms with Gasteiger partial charge in [0.1, 0.15) is 0 Å². The van der Waals surface area contributed by atoms with Crippen LogP contribution >= 0.6 is 0 Å². The van der Waals surface area contributed by atoms with Crippen molar-refractivity contribution in [2.75, 3.05) is 26.2 Å². The molecule has 1 saturated heterocycles. The predicted molar refractivity (Wildman–Crippen MR) is 65.4 cm³/mol. The first kappa shape index (κ1) is 14.1. The topological polar surface area (TPSA) is 15.3 Å². The Balaban J connectivity index is 1.76. The second-order valence-electron chi connectivity index (χ2n) is 5.56. The van der Waals surface area contributed by atoms with Crippen LogP contribution in [0.3, 0.4) is 0 Å². The van der Waals surface area contributed by atoms with Gasteiger partial charge >= 0.3 is 6.18 Å². The molecule has 2 aliphatic rings. The molecule has 0 aromatic rings. The number of likely N-dealkylation sites (tertiary alicyclic amines) is 1. The zero-order valence-electron chi connectivity index (χ0n) is 11.0. The molecule has 106 valence electrons. The maximum absolute atomic E-state index is 12.6. The van der Waals surface area contributed by atoms with E-state index < -0.39 is 12.1 Å². The van der Waals surface area contributed by atoms with Gasteiger partial charge in [0.25, 0.3) is 0 Å². The number of piperidine rings is 1. The zero-order chi connectivity index (χ0) is 13.2. The third-order valence-corrected chi connectivity index (χ3v) is 4.50. The highest BCUT2D eigenvalue weighted by atomic mass is 19.4. The van der Waals surface area contributed by atoms with E-state index in [0.717, 1.165) is 19.5 Å². The Hall–Kier alpha value is -0.290. The second kappa shape index (κ2) is 5.78. The van der Waals surface area contributed by atoms with Gasteiger partial charge in [-0.2, -0.15) is 13.2 Å². The minimum Gasteiger partial charge on any atom is -0.317 e. The maximum Gasteiger partial charge on any atom is 0.391 e. The fourth-order valence-corrected chi connectivity index (χ4v) is 3.16. The van der Waals surface area contributed by atoms with Gasteiger partial charge in [-0.3, -0.25) is 0 Å². The van der Waals surface area contributed by atoms with Crippen LogP contribution < -0.4 is 5.32 Å². The SMILES string of the molecule is CCNCC1CCC1N1CCC(C(F)(F)F)CC1. The molecule has 2 fully saturated rings. The quantitative estimate of drug-likeness (QED) is 0.839. The number of alkyl halides is 3. The molecule has 1 aliphatic carbocycles. The van der Waals surface area contributed by atoms with Crippen molar-refractivity contribution < 1.29 is 13.2 Å². The van der Waals surface area contributed by atoms with Gasteiger partial charge in [0.05, 0.1) is 5.92 Å².